The van der Waals surface area contributed by atoms with Gasteiger partial charge in [0.2, 0.25) is 0 Å². The van der Waals surface area contributed by atoms with Crippen molar-refractivity contribution in [3.8, 4) is 0 Å². The number of carboxylic acid groups (broad SMARTS) is 1. The van der Waals surface area contributed by atoms with Crippen LogP contribution in [0.2, 0.25) is 0 Å². The molecule has 1 unspecified atom stereocenters. The van der Waals surface area contributed by atoms with E-state index in [1.54, 1.807) is 0 Å². The Bertz CT molecular complexity index is 127. The summed E-state index contributed by atoms with van der Waals surface area (Å²) in [5.74, 6) is -0.455. The van der Waals surface area contributed by atoms with Crippen LogP contribution in [0.5, 0.6) is 0 Å². The average Bonchev–Trinajstić information content (AvgIpc) is 2.02. The normalized spacial score (nSPS) is 12.8. The topological polar surface area (TPSA) is 69.6 Å². The summed E-state index contributed by atoms with van der Waals surface area (Å²) >= 11 is 0. The fraction of sp³-hybridized carbons (Fsp3) is 0.875. The number of carbonyl (C=O) groups is 1. The van der Waals surface area contributed by atoms with Crippen LogP contribution in [-0.2, 0) is 4.79 Å². The van der Waals surface area contributed by atoms with Crippen molar-refractivity contribution in [1.82, 2.24) is 5.32 Å². The summed E-state index contributed by atoms with van der Waals surface area (Å²) in [7, 11) is 0. The predicted molar refractivity (Wildman–Crippen MR) is 46.0 cm³/mol. The van der Waals surface area contributed by atoms with Crippen LogP contribution in [0.3, 0.4) is 0 Å². The Hall–Kier alpha value is -0.610. The number of carboxylic acids is 1. The minimum atomic E-state index is -0.839. The summed E-state index contributed by atoms with van der Waals surface area (Å²) in [4.78, 5) is 10.1. The van der Waals surface area contributed by atoms with Crippen molar-refractivity contribution in [3.05, 3.63) is 0 Å². The quantitative estimate of drug-likeness (QED) is 0.512. The molecule has 3 N–H and O–H groups in total. The van der Waals surface area contributed by atoms with Crippen molar-refractivity contribution in [3.63, 3.8) is 0 Å². The first-order valence-electron chi connectivity index (χ1n) is 4.24. The molecule has 0 aliphatic heterocycles. The Labute approximate surface area is 72.6 Å². The minimum Gasteiger partial charge on any atom is -0.480 e. The number of hydrogen-bond acceptors (Lipinski definition) is 3. The highest BCUT2D eigenvalue weighted by atomic mass is 16.4. The van der Waals surface area contributed by atoms with Crippen LogP contribution >= 0.6 is 0 Å². The van der Waals surface area contributed by atoms with Gasteiger partial charge in [-0.15, -0.1) is 0 Å². The first kappa shape index (κ1) is 11.4. The Morgan fingerprint density at radius 3 is 2.67 bits per heavy atom. The van der Waals surface area contributed by atoms with Crippen molar-refractivity contribution in [2.24, 2.45) is 5.92 Å². The number of hydrogen-bond donors (Lipinski definition) is 3. The molecule has 72 valence electrons. The summed E-state index contributed by atoms with van der Waals surface area (Å²) in [6.07, 6.45) is 1.70. The Balaban J connectivity index is 3.37. The van der Waals surface area contributed by atoms with Crippen LogP contribution in [0.25, 0.3) is 0 Å². The lowest BCUT2D eigenvalue weighted by Gasteiger charge is -2.12. The van der Waals surface area contributed by atoms with Crippen LogP contribution in [0, 0.1) is 5.92 Å². The molecule has 0 heterocycles. The fourth-order valence-corrected chi connectivity index (χ4v) is 1.02. The maximum Gasteiger partial charge on any atom is 0.317 e. The average molecular weight is 175 g/mol. The Kier molecular flexibility index (Phi) is 6.70. The molecule has 4 heteroatoms. The molecule has 0 saturated heterocycles. The molecular formula is C8H17NO3. The smallest absolute Gasteiger partial charge is 0.317 e. The van der Waals surface area contributed by atoms with Crippen molar-refractivity contribution in [1.29, 1.82) is 0 Å². The van der Waals surface area contributed by atoms with E-state index in [0.29, 0.717) is 12.5 Å². The maximum absolute atomic E-state index is 10.1. The molecule has 0 aromatic rings. The van der Waals surface area contributed by atoms with Crippen molar-refractivity contribution < 1.29 is 15.0 Å². The molecular weight excluding hydrogens is 158 g/mol. The molecule has 0 aromatic carbocycles. The molecule has 0 amide bonds. The second-order valence-corrected chi connectivity index (χ2v) is 2.81. The number of aliphatic carboxylic acids is 1. The monoisotopic (exact) mass is 175 g/mol. The van der Waals surface area contributed by atoms with Gasteiger partial charge in [0.1, 0.15) is 0 Å². The SMILES string of the molecule is CCC(CCO)CNCC(=O)O. The largest absolute Gasteiger partial charge is 0.480 e. The van der Waals surface area contributed by atoms with Gasteiger partial charge in [0.05, 0.1) is 6.54 Å². The van der Waals surface area contributed by atoms with Gasteiger partial charge in [-0.05, 0) is 18.9 Å². The van der Waals surface area contributed by atoms with E-state index in [1.807, 2.05) is 6.92 Å². The number of aliphatic hydroxyl groups excluding tert-OH is 1. The van der Waals surface area contributed by atoms with E-state index < -0.39 is 5.97 Å². The number of aliphatic hydroxyl groups is 1. The highest BCUT2D eigenvalue weighted by Crippen LogP contribution is 2.04. The lowest BCUT2D eigenvalue weighted by Crippen LogP contribution is -2.28. The highest BCUT2D eigenvalue weighted by Gasteiger charge is 2.05. The van der Waals surface area contributed by atoms with Gasteiger partial charge >= 0.3 is 5.97 Å². The van der Waals surface area contributed by atoms with Gasteiger partial charge in [-0.3, -0.25) is 4.79 Å². The summed E-state index contributed by atoms with van der Waals surface area (Å²) < 4.78 is 0. The van der Waals surface area contributed by atoms with Gasteiger partial charge < -0.3 is 15.5 Å². The predicted octanol–water partition coefficient (Wildman–Crippen LogP) is 0.0692. The molecule has 0 fully saturated rings. The van der Waals surface area contributed by atoms with Crippen LogP contribution in [0.1, 0.15) is 19.8 Å². The molecule has 0 aliphatic rings. The van der Waals surface area contributed by atoms with Crippen LogP contribution in [-0.4, -0.2) is 35.9 Å². The van der Waals surface area contributed by atoms with E-state index in [2.05, 4.69) is 5.32 Å². The van der Waals surface area contributed by atoms with E-state index in [4.69, 9.17) is 10.2 Å². The third-order valence-corrected chi connectivity index (χ3v) is 1.82. The van der Waals surface area contributed by atoms with Crippen LogP contribution in [0.15, 0.2) is 0 Å². The van der Waals surface area contributed by atoms with E-state index >= 15 is 0 Å². The van der Waals surface area contributed by atoms with Gasteiger partial charge in [-0.1, -0.05) is 13.3 Å². The molecule has 0 spiro atoms. The third kappa shape index (κ3) is 6.12. The standard InChI is InChI=1S/C8H17NO3/c1-2-7(3-4-10)5-9-6-8(11)12/h7,9-10H,2-6H2,1H3,(H,11,12). The molecule has 0 radical (unpaired) electrons. The summed E-state index contributed by atoms with van der Waals surface area (Å²) in [5, 5.41) is 19.8. The number of nitrogens with one attached hydrogen (secondary N) is 1. The first-order valence-corrected chi connectivity index (χ1v) is 4.24. The zero-order valence-corrected chi connectivity index (χ0v) is 7.42. The minimum absolute atomic E-state index is 0.00191. The van der Waals surface area contributed by atoms with Crippen molar-refractivity contribution in [2.75, 3.05) is 19.7 Å². The second kappa shape index (κ2) is 7.06. The maximum atomic E-state index is 10.1. The third-order valence-electron chi connectivity index (χ3n) is 1.82. The summed E-state index contributed by atoms with van der Waals surface area (Å²) in [5.41, 5.74) is 0. The Morgan fingerprint density at radius 2 is 2.25 bits per heavy atom. The van der Waals surface area contributed by atoms with E-state index in [9.17, 15) is 4.79 Å². The first-order chi connectivity index (χ1) is 5.70. The molecule has 4 nitrogen and oxygen atoms in total. The van der Waals surface area contributed by atoms with E-state index in [1.165, 1.54) is 0 Å². The van der Waals surface area contributed by atoms with Crippen molar-refractivity contribution >= 4 is 5.97 Å². The van der Waals surface area contributed by atoms with Gasteiger partial charge in [0.15, 0.2) is 0 Å². The highest BCUT2D eigenvalue weighted by molar-refractivity contribution is 5.68. The fourth-order valence-electron chi connectivity index (χ4n) is 1.02. The van der Waals surface area contributed by atoms with E-state index in [0.717, 1.165) is 12.8 Å². The lowest BCUT2D eigenvalue weighted by molar-refractivity contribution is -0.136. The molecule has 0 bridgehead atoms. The zero-order valence-electron chi connectivity index (χ0n) is 7.42. The molecule has 12 heavy (non-hydrogen) atoms. The molecule has 0 rings (SSSR count). The van der Waals surface area contributed by atoms with Gasteiger partial charge in [0, 0.05) is 6.61 Å². The zero-order chi connectivity index (χ0) is 9.40. The summed E-state index contributed by atoms with van der Waals surface area (Å²) in [6.45, 7) is 2.88. The molecule has 0 saturated carbocycles. The van der Waals surface area contributed by atoms with Gasteiger partial charge in [-0.25, -0.2) is 0 Å². The van der Waals surface area contributed by atoms with Crippen molar-refractivity contribution in [2.45, 2.75) is 19.8 Å². The van der Waals surface area contributed by atoms with Crippen LogP contribution < -0.4 is 5.32 Å². The van der Waals surface area contributed by atoms with Gasteiger partial charge in [-0.2, -0.15) is 0 Å². The molecule has 0 aliphatic carbocycles. The number of rotatable bonds is 7. The van der Waals surface area contributed by atoms with Gasteiger partial charge in [0.25, 0.3) is 0 Å². The molecule has 0 aromatic heterocycles. The lowest BCUT2D eigenvalue weighted by atomic mass is 10.0. The molecule has 1 atom stereocenters. The van der Waals surface area contributed by atoms with Crippen LogP contribution in [0.4, 0.5) is 0 Å². The Morgan fingerprint density at radius 1 is 1.58 bits per heavy atom. The second-order valence-electron chi connectivity index (χ2n) is 2.81. The summed E-state index contributed by atoms with van der Waals surface area (Å²) in [6, 6.07) is 0. The van der Waals surface area contributed by atoms with E-state index in [-0.39, 0.29) is 13.2 Å².